The fourth-order valence-corrected chi connectivity index (χ4v) is 6.05. The van der Waals surface area contributed by atoms with Crippen molar-refractivity contribution in [2.45, 2.75) is 42.1 Å². The van der Waals surface area contributed by atoms with Crippen molar-refractivity contribution < 1.29 is 0 Å². The highest BCUT2D eigenvalue weighted by Gasteiger charge is 2.46. The number of rotatable bonds is 3. The quantitative estimate of drug-likeness (QED) is 0.425. The Labute approximate surface area is 196 Å². The SMILES string of the molecule is Cc1c(Sc2cnc3nc(N4CCC5(CC4)Cc4ccccc4[C@H]5N)[nH]c3n2)ccnc1N. The Balaban J connectivity index is 1.19. The zero-order valence-corrected chi connectivity index (χ0v) is 19.3. The van der Waals surface area contributed by atoms with Crippen LogP contribution >= 0.6 is 11.8 Å². The second-order valence-corrected chi connectivity index (χ2v) is 10.1. The van der Waals surface area contributed by atoms with E-state index in [-0.39, 0.29) is 11.5 Å². The number of nitrogens with one attached hydrogen (secondary N) is 1. The summed E-state index contributed by atoms with van der Waals surface area (Å²) in [6.07, 6.45) is 6.63. The molecule has 4 heterocycles. The zero-order chi connectivity index (χ0) is 22.6. The van der Waals surface area contributed by atoms with Gasteiger partial charge in [0.2, 0.25) is 5.95 Å². The van der Waals surface area contributed by atoms with Crippen molar-refractivity contribution >= 4 is 34.8 Å². The minimum atomic E-state index is 0.111. The molecule has 2 aliphatic rings. The van der Waals surface area contributed by atoms with Crippen LogP contribution in [-0.4, -0.2) is 38.0 Å². The summed E-state index contributed by atoms with van der Waals surface area (Å²) in [4.78, 5) is 24.8. The van der Waals surface area contributed by atoms with Crippen LogP contribution < -0.4 is 16.4 Å². The zero-order valence-electron chi connectivity index (χ0n) is 18.5. The number of imidazole rings is 1. The number of hydrogen-bond acceptors (Lipinski definition) is 8. The molecule has 6 rings (SSSR count). The molecule has 33 heavy (non-hydrogen) atoms. The summed E-state index contributed by atoms with van der Waals surface area (Å²) in [7, 11) is 0. The van der Waals surface area contributed by atoms with E-state index in [9.17, 15) is 0 Å². The van der Waals surface area contributed by atoms with Gasteiger partial charge in [-0.2, -0.15) is 4.98 Å². The Kier molecular flexibility index (Phi) is 4.77. The highest BCUT2D eigenvalue weighted by molar-refractivity contribution is 7.99. The molecule has 0 amide bonds. The van der Waals surface area contributed by atoms with Gasteiger partial charge in [-0.3, -0.25) is 0 Å². The van der Waals surface area contributed by atoms with Crippen molar-refractivity contribution in [2.75, 3.05) is 23.7 Å². The van der Waals surface area contributed by atoms with Crippen LogP contribution in [0.5, 0.6) is 0 Å². The van der Waals surface area contributed by atoms with E-state index in [1.54, 1.807) is 12.4 Å². The number of anilines is 2. The van der Waals surface area contributed by atoms with Gasteiger partial charge in [0.25, 0.3) is 0 Å². The average Bonchev–Trinajstić information content (AvgIpc) is 3.37. The summed E-state index contributed by atoms with van der Waals surface area (Å²) in [5, 5.41) is 0.790. The highest BCUT2D eigenvalue weighted by Crippen LogP contribution is 2.50. The van der Waals surface area contributed by atoms with Crippen LogP contribution in [0.4, 0.5) is 11.8 Å². The van der Waals surface area contributed by atoms with Gasteiger partial charge in [0.1, 0.15) is 10.8 Å². The molecule has 9 heteroatoms. The predicted molar refractivity (Wildman–Crippen MR) is 130 cm³/mol. The summed E-state index contributed by atoms with van der Waals surface area (Å²) in [6.45, 7) is 3.79. The number of aromatic nitrogens is 5. The van der Waals surface area contributed by atoms with E-state index >= 15 is 0 Å². The van der Waals surface area contributed by atoms with Gasteiger partial charge in [-0.1, -0.05) is 36.0 Å². The Morgan fingerprint density at radius 2 is 1.94 bits per heavy atom. The van der Waals surface area contributed by atoms with E-state index in [2.05, 4.69) is 44.1 Å². The fourth-order valence-electron chi connectivity index (χ4n) is 5.19. The van der Waals surface area contributed by atoms with E-state index < -0.39 is 0 Å². The Morgan fingerprint density at radius 3 is 2.76 bits per heavy atom. The van der Waals surface area contributed by atoms with Crippen LogP contribution in [0.2, 0.25) is 0 Å². The average molecular weight is 459 g/mol. The van der Waals surface area contributed by atoms with Crippen LogP contribution in [0.1, 0.15) is 35.6 Å². The summed E-state index contributed by atoms with van der Waals surface area (Å²) in [5.74, 6) is 1.36. The summed E-state index contributed by atoms with van der Waals surface area (Å²) < 4.78 is 0. The number of nitrogens with zero attached hydrogens (tertiary/aromatic N) is 5. The molecular weight excluding hydrogens is 432 g/mol. The molecule has 1 aromatic carbocycles. The molecule has 0 unspecified atom stereocenters. The lowest BCUT2D eigenvalue weighted by Crippen LogP contribution is -2.44. The third-order valence-electron chi connectivity index (χ3n) is 7.23. The van der Waals surface area contributed by atoms with Crippen molar-refractivity contribution in [2.24, 2.45) is 11.1 Å². The maximum Gasteiger partial charge on any atom is 0.206 e. The number of hydrogen-bond donors (Lipinski definition) is 3. The molecule has 1 atom stereocenters. The lowest BCUT2D eigenvalue weighted by molar-refractivity contribution is 0.187. The minimum Gasteiger partial charge on any atom is -0.383 e. The lowest BCUT2D eigenvalue weighted by atomic mass is 9.73. The number of fused-ring (bicyclic) bond motifs is 2. The van der Waals surface area contributed by atoms with Crippen LogP contribution in [0, 0.1) is 12.3 Å². The summed E-state index contributed by atoms with van der Waals surface area (Å²) >= 11 is 1.53. The molecule has 5 N–H and O–H groups in total. The van der Waals surface area contributed by atoms with Gasteiger partial charge in [-0.25, -0.2) is 15.0 Å². The standard InChI is InChI=1S/C24H26N8S/c1-14-17(6-9-27-20(14)26)33-18-13-28-21-22(29-18)31-23(30-21)32-10-7-24(8-11-32)12-15-4-2-3-5-16(15)19(24)25/h2-6,9,13,19H,7-8,10-12,25H2,1H3,(H2,26,27)(H,28,29,30,31)/t19-/m1/s1. The largest absolute Gasteiger partial charge is 0.383 e. The molecule has 0 bridgehead atoms. The van der Waals surface area contributed by atoms with Gasteiger partial charge in [0.15, 0.2) is 11.3 Å². The van der Waals surface area contributed by atoms with E-state index in [0.717, 1.165) is 53.8 Å². The molecule has 4 aromatic rings. The van der Waals surface area contributed by atoms with Crippen LogP contribution in [-0.2, 0) is 6.42 Å². The molecule has 1 aliphatic heterocycles. The van der Waals surface area contributed by atoms with E-state index in [1.165, 1.54) is 22.9 Å². The van der Waals surface area contributed by atoms with E-state index in [1.807, 2.05) is 13.0 Å². The first-order chi connectivity index (χ1) is 16.0. The van der Waals surface area contributed by atoms with Crippen LogP contribution in [0.25, 0.3) is 11.3 Å². The smallest absolute Gasteiger partial charge is 0.206 e. The monoisotopic (exact) mass is 458 g/mol. The number of nitrogen functional groups attached to an aromatic ring is 1. The molecule has 0 radical (unpaired) electrons. The molecule has 1 aliphatic carbocycles. The van der Waals surface area contributed by atoms with Gasteiger partial charge in [-0.15, -0.1) is 0 Å². The van der Waals surface area contributed by atoms with Crippen molar-refractivity contribution in [1.82, 2.24) is 24.9 Å². The topological polar surface area (TPSA) is 123 Å². The number of benzene rings is 1. The van der Waals surface area contributed by atoms with Gasteiger partial charge in [0, 0.05) is 35.8 Å². The molecule has 3 aromatic heterocycles. The normalized spacial score (nSPS) is 19.3. The molecule has 1 fully saturated rings. The van der Waals surface area contributed by atoms with Crippen molar-refractivity contribution in [3.05, 3.63) is 59.4 Å². The number of piperidine rings is 1. The first-order valence-electron chi connectivity index (χ1n) is 11.2. The molecule has 8 nitrogen and oxygen atoms in total. The maximum atomic E-state index is 6.73. The molecule has 168 valence electrons. The van der Waals surface area contributed by atoms with Crippen molar-refractivity contribution in [3.63, 3.8) is 0 Å². The van der Waals surface area contributed by atoms with Gasteiger partial charge in [0.05, 0.1) is 6.20 Å². The lowest BCUT2D eigenvalue weighted by Gasteiger charge is -2.42. The molecule has 1 saturated heterocycles. The van der Waals surface area contributed by atoms with E-state index in [4.69, 9.17) is 21.4 Å². The number of pyridine rings is 1. The Hall–Kier alpha value is -3.17. The number of nitrogens with two attached hydrogens (primary N) is 2. The predicted octanol–water partition coefficient (Wildman–Crippen LogP) is 3.63. The van der Waals surface area contributed by atoms with Gasteiger partial charge < -0.3 is 21.4 Å². The van der Waals surface area contributed by atoms with Gasteiger partial charge in [-0.05, 0) is 48.8 Å². The number of aromatic amines is 1. The van der Waals surface area contributed by atoms with Crippen LogP contribution in [0.3, 0.4) is 0 Å². The third-order valence-corrected chi connectivity index (χ3v) is 8.30. The Morgan fingerprint density at radius 1 is 1.12 bits per heavy atom. The second-order valence-electron chi connectivity index (χ2n) is 9.06. The fraction of sp³-hybridized carbons (Fsp3) is 0.333. The maximum absolute atomic E-state index is 6.73. The van der Waals surface area contributed by atoms with E-state index in [0.29, 0.717) is 17.1 Å². The molecular formula is C24H26N8S. The second kappa shape index (κ2) is 7.71. The van der Waals surface area contributed by atoms with Gasteiger partial charge >= 0.3 is 0 Å². The van der Waals surface area contributed by atoms with Crippen molar-refractivity contribution in [1.29, 1.82) is 0 Å². The summed E-state index contributed by atoms with van der Waals surface area (Å²) in [5.41, 5.74) is 17.8. The number of H-pyrrole nitrogens is 1. The first kappa shape index (κ1) is 20.4. The highest BCUT2D eigenvalue weighted by atomic mass is 32.2. The summed E-state index contributed by atoms with van der Waals surface area (Å²) in [6, 6.07) is 10.7. The minimum absolute atomic E-state index is 0.111. The van der Waals surface area contributed by atoms with Crippen molar-refractivity contribution in [3.8, 4) is 0 Å². The third kappa shape index (κ3) is 3.43. The molecule has 1 spiro atoms. The Bertz CT molecular complexity index is 1340. The molecule has 0 saturated carbocycles. The van der Waals surface area contributed by atoms with Crippen LogP contribution in [0.15, 0.2) is 52.6 Å². The first-order valence-corrected chi connectivity index (χ1v) is 12.0.